The molecule has 0 saturated carbocycles. The summed E-state index contributed by atoms with van der Waals surface area (Å²) in [5.41, 5.74) is 10.6. The maximum atomic E-state index is 9.82. The minimum absolute atomic E-state index is 0.0467. The number of benzene rings is 1. The molecule has 0 radical (unpaired) electrons. The molecule has 0 bridgehead atoms. The van der Waals surface area contributed by atoms with Crippen molar-refractivity contribution in [3.8, 4) is 0 Å². The van der Waals surface area contributed by atoms with Crippen molar-refractivity contribution >= 4 is 11.9 Å². The average molecular weight is 352 g/mol. The van der Waals surface area contributed by atoms with Crippen molar-refractivity contribution in [2.75, 3.05) is 6.61 Å². The molecule has 0 fully saturated rings. The van der Waals surface area contributed by atoms with Crippen LogP contribution in [0.5, 0.6) is 0 Å². The van der Waals surface area contributed by atoms with Crippen LogP contribution in [0.15, 0.2) is 41.3 Å². The van der Waals surface area contributed by atoms with Gasteiger partial charge in [0.2, 0.25) is 0 Å². The predicted molar refractivity (Wildman–Crippen MR) is 99.4 cm³/mol. The fraction of sp³-hybridized carbons (Fsp3) is 0.556. The number of unbranched alkanes of at least 4 members (excludes halogenated alkanes) is 2. The van der Waals surface area contributed by atoms with Crippen molar-refractivity contribution in [3.05, 3.63) is 42.0 Å². The van der Waals surface area contributed by atoms with Crippen LogP contribution in [0, 0.1) is 0 Å². The van der Waals surface area contributed by atoms with Crippen LogP contribution in [0.4, 0.5) is 0 Å². The first-order valence-electron chi connectivity index (χ1n) is 8.63. The third-order valence-corrected chi connectivity index (χ3v) is 4.93. The first kappa shape index (κ1) is 19.4. The number of nitrogens with two attached hydrogens (primary N) is 1. The van der Waals surface area contributed by atoms with Gasteiger partial charge in [0, 0.05) is 11.5 Å². The number of aliphatic hydroxyl groups excluding tert-OH is 1. The smallest absolute Gasteiger partial charge is 0.0932 e. The molecule has 0 aromatic heterocycles. The fourth-order valence-corrected chi connectivity index (χ4v) is 3.32. The molecule has 5 N–H and O–H groups in total. The van der Waals surface area contributed by atoms with Gasteiger partial charge in [-0.3, -0.25) is 0 Å². The molecule has 1 aliphatic rings. The zero-order valence-electron chi connectivity index (χ0n) is 14.4. The minimum Gasteiger partial charge on any atom is -0.392 e. The van der Waals surface area contributed by atoms with Crippen molar-refractivity contribution < 1.29 is 9.84 Å². The molecule has 1 aromatic rings. The van der Waals surface area contributed by atoms with E-state index >= 15 is 0 Å². The van der Waals surface area contributed by atoms with Crippen LogP contribution >= 0.6 is 11.9 Å². The molecule has 5 nitrogen and oxygen atoms in total. The molecular formula is C18H29N3O2S. The van der Waals surface area contributed by atoms with Crippen LogP contribution in [-0.2, 0) is 4.74 Å². The van der Waals surface area contributed by atoms with E-state index in [9.17, 15) is 5.11 Å². The standard InChI is InChI=1S/C18H29N3O2S/c1-3-4-7-12-23-16(18(19)13(2)22)11-10-15-14-8-5-6-9-17(14)24-21-20-15/h5-6,8-11,13,15-16,18,20-22H,3-4,7,12,19H2,1-2H3. The quantitative estimate of drug-likeness (QED) is 0.311. The van der Waals surface area contributed by atoms with Gasteiger partial charge < -0.3 is 15.6 Å². The first-order chi connectivity index (χ1) is 11.6. The van der Waals surface area contributed by atoms with E-state index in [0.717, 1.165) is 19.3 Å². The molecule has 134 valence electrons. The number of hydrogen-bond donors (Lipinski definition) is 4. The van der Waals surface area contributed by atoms with E-state index in [2.05, 4.69) is 35.4 Å². The van der Waals surface area contributed by atoms with Crippen molar-refractivity contribution in [1.29, 1.82) is 0 Å². The molecule has 4 atom stereocenters. The monoisotopic (exact) mass is 351 g/mol. The van der Waals surface area contributed by atoms with E-state index in [1.807, 2.05) is 18.2 Å². The van der Waals surface area contributed by atoms with Crippen LogP contribution in [0.2, 0.25) is 0 Å². The lowest BCUT2D eigenvalue weighted by atomic mass is 10.0. The summed E-state index contributed by atoms with van der Waals surface area (Å²) in [5.74, 6) is 0. The summed E-state index contributed by atoms with van der Waals surface area (Å²) in [5, 5.41) is 9.82. The van der Waals surface area contributed by atoms with Crippen molar-refractivity contribution in [1.82, 2.24) is 10.3 Å². The highest BCUT2D eigenvalue weighted by atomic mass is 32.2. The minimum atomic E-state index is -0.619. The summed E-state index contributed by atoms with van der Waals surface area (Å²) in [6.07, 6.45) is 6.40. The van der Waals surface area contributed by atoms with Gasteiger partial charge in [0.1, 0.15) is 0 Å². The summed E-state index contributed by atoms with van der Waals surface area (Å²) in [7, 11) is 0. The number of aliphatic hydroxyl groups is 1. The number of rotatable bonds is 9. The molecule has 2 rings (SSSR count). The summed E-state index contributed by atoms with van der Waals surface area (Å²) in [6, 6.07) is 7.87. The van der Waals surface area contributed by atoms with E-state index in [1.54, 1.807) is 18.9 Å². The first-order valence-corrected chi connectivity index (χ1v) is 9.45. The van der Waals surface area contributed by atoms with Crippen LogP contribution < -0.4 is 16.0 Å². The molecule has 1 heterocycles. The molecule has 6 heteroatoms. The molecule has 4 unspecified atom stereocenters. The maximum absolute atomic E-state index is 9.82. The van der Waals surface area contributed by atoms with Crippen LogP contribution in [0.1, 0.15) is 44.7 Å². The Labute approximate surface area is 149 Å². The SMILES string of the molecule is CCCCCOC(C=CC1NNSc2ccccc21)C(N)C(C)O. The lowest BCUT2D eigenvalue weighted by Gasteiger charge is -2.27. The predicted octanol–water partition coefficient (Wildman–Crippen LogP) is 2.68. The molecule has 0 aliphatic carbocycles. The lowest BCUT2D eigenvalue weighted by molar-refractivity contribution is 0.0260. The third kappa shape index (κ3) is 5.58. The topological polar surface area (TPSA) is 79.5 Å². The average Bonchev–Trinajstić information content (AvgIpc) is 2.60. The van der Waals surface area contributed by atoms with Gasteiger partial charge in [0.05, 0.1) is 24.3 Å². The number of ether oxygens (including phenoxy) is 1. The van der Waals surface area contributed by atoms with Crippen molar-refractivity contribution in [2.45, 2.75) is 62.3 Å². The Kier molecular flexibility index (Phi) is 8.24. The van der Waals surface area contributed by atoms with Gasteiger partial charge in [-0.2, -0.15) is 4.83 Å². The van der Waals surface area contributed by atoms with Gasteiger partial charge in [-0.1, -0.05) is 50.1 Å². The largest absolute Gasteiger partial charge is 0.392 e. The molecule has 0 saturated heterocycles. The third-order valence-electron chi connectivity index (χ3n) is 4.12. The van der Waals surface area contributed by atoms with Gasteiger partial charge in [-0.25, -0.2) is 5.43 Å². The second-order valence-electron chi connectivity index (χ2n) is 6.11. The van der Waals surface area contributed by atoms with Gasteiger partial charge in [-0.05, 0) is 36.9 Å². The summed E-state index contributed by atoms with van der Waals surface area (Å²) in [4.78, 5) is 4.32. The van der Waals surface area contributed by atoms with Crippen LogP contribution in [0.25, 0.3) is 0 Å². The van der Waals surface area contributed by atoms with Crippen molar-refractivity contribution in [2.24, 2.45) is 5.73 Å². The Morgan fingerprint density at radius 1 is 1.38 bits per heavy atom. The van der Waals surface area contributed by atoms with Crippen LogP contribution in [0.3, 0.4) is 0 Å². The van der Waals surface area contributed by atoms with Crippen LogP contribution in [-0.4, -0.2) is 30.0 Å². The number of hydrazine groups is 1. The molecule has 0 spiro atoms. The van der Waals surface area contributed by atoms with E-state index < -0.39 is 12.1 Å². The highest BCUT2D eigenvalue weighted by Crippen LogP contribution is 2.30. The summed E-state index contributed by atoms with van der Waals surface area (Å²) < 4.78 is 5.92. The lowest BCUT2D eigenvalue weighted by Crippen LogP contribution is -2.44. The Morgan fingerprint density at radius 3 is 2.92 bits per heavy atom. The Hall–Kier alpha value is -0.890. The zero-order valence-corrected chi connectivity index (χ0v) is 15.3. The van der Waals surface area contributed by atoms with Crippen molar-refractivity contribution in [3.63, 3.8) is 0 Å². The maximum Gasteiger partial charge on any atom is 0.0932 e. The molecule has 0 amide bonds. The Morgan fingerprint density at radius 2 is 2.17 bits per heavy atom. The van der Waals surface area contributed by atoms with Gasteiger partial charge in [-0.15, -0.1) is 0 Å². The molecule has 24 heavy (non-hydrogen) atoms. The normalized spacial score (nSPS) is 21.4. The summed E-state index contributed by atoms with van der Waals surface area (Å²) in [6.45, 7) is 4.52. The highest BCUT2D eigenvalue weighted by Gasteiger charge is 2.22. The van der Waals surface area contributed by atoms with E-state index in [0.29, 0.717) is 6.61 Å². The van der Waals surface area contributed by atoms with E-state index in [4.69, 9.17) is 10.5 Å². The number of fused-ring (bicyclic) bond motifs is 1. The summed E-state index contributed by atoms with van der Waals surface area (Å²) >= 11 is 1.57. The second-order valence-corrected chi connectivity index (χ2v) is 6.96. The number of hydrogen-bond acceptors (Lipinski definition) is 6. The fourth-order valence-electron chi connectivity index (χ4n) is 2.57. The number of nitrogens with one attached hydrogen (secondary N) is 2. The van der Waals surface area contributed by atoms with Gasteiger partial charge >= 0.3 is 0 Å². The Balaban J connectivity index is 2.03. The van der Waals surface area contributed by atoms with Gasteiger partial charge in [0.25, 0.3) is 0 Å². The van der Waals surface area contributed by atoms with E-state index in [1.165, 1.54) is 10.5 Å². The molecule has 1 aromatic carbocycles. The second kappa shape index (κ2) is 10.2. The highest BCUT2D eigenvalue weighted by molar-refractivity contribution is 7.97. The zero-order chi connectivity index (χ0) is 17.4. The molecular weight excluding hydrogens is 322 g/mol. The van der Waals surface area contributed by atoms with E-state index in [-0.39, 0.29) is 12.1 Å². The Bertz CT molecular complexity index is 525. The van der Waals surface area contributed by atoms with Gasteiger partial charge in [0.15, 0.2) is 0 Å². The molecule has 1 aliphatic heterocycles.